The van der Waals surface area contributed by atoms with Gasteiger partial charge in [0.1, 0.15) is 5.75 Å². The molecule has 3 rings (SSSR count). The first-order valence-electron chi connectivity index (χ1n) is 9.90. The summed E-state index contributed by atoms with van der Waals surface area (Å²) >= 11 is 0. The Kier molecular flexibility index (Phi) is 8.50. The smallest absolute Gasteiger partial charge is 0.338 e. The van der Waals surface area contributed by atoms with E-state index in [1.807, 2.05) is 0 Å². The molecule has 0 radical (unpaired) electrons. The number of carbonyl (C=O) groups excluding carboxylic acids is 1. The highest BCUT2D eigenvalue weighted by Gasteiger charge is 2.32. The van der Waals surface area contributed by atoms with Gasteiger partial charge in [-0.3, -0.25) is 0 Å². The highest BCUT2D eigenvalue weighted by Crippen LogP contribution is 2.26. The van der Waals surface area contributed by atoms with Gasteiger partial charge in [0.15, 0.2) is 0 Å². The molecule has 0 spiro atoms. The van der Waals surface area contributed by atoms with Gasteiger partial charge >= 0.3 is 5.97 Å². The highest BCUT2D eigenvalue weighted by molar-refractivity contribution is 5.89. The molecule has 0 saturated carbocycles. The van der Waals surface area contributed by atoms with Gasteiger partial charge in [-0.2, -0.15) is 0 Å². The van der Waals surface area contributed by atoms with Gasteiger partial charge in [-0.1, -0.05) is 29.8 Å². The number of esters is 1. The molecule has 1 saturated heterocycles. The van der Waals surface area contributed by atoms with E-state index in [9.17, 15) is 15.0 Å². The standard InChI is InChI=1S/C23H29NO4.ClH/c1-18-3-5-19(6-4-18)17-23(27)11-14-24(15-12-23)13-2-16-28-22(26)20-7-9-21(25)10-8-20;/h3-10,25,27H,2,11-17H2,1H3;1H. The molecule has 0 aliphatic carbocycles. The van der Waals surface area contributed by atoms with E-state index in [1.165, 1.54) is 23.3 Å². The number of nitrogens with zero attached hydrogens (tertiary/aromatic N) is 1. The second-order valence-electron chi connectivity index (χ2n) is 7.76. The fourth-order valence-electron chi connectivity index (χ4n) is 3.59. The number of halogens is 1. The summed E-state index contributed by atoms with van der Waals surface area (Å²) in [5, 5.41) is 20.1. The van der Waals surface area contributed by atoms with E-state index in [-0.39, 0.29) is 24.1 Å². The molecule has 6 heteroatoms. The van der Waals surface area contributed by atoms with Crippen molar-refractivity contribution in [1.82, 2.24) is 4.90 Å². The average Bonchev–Trinajstić information content (AvgIpc) is 2.69. The summed E-state index contributed by atoms with van der Waals surface area (Å²) in [5.41, 5.74) is 2.23. The fourth-order valence-corrected chi connectivity index (χ4v) is 3.59. The zero-order chi connectivity index (χ0) is 20.0. The molecule has 0 unspecified atom stereocenters. The number of benzene rings is 2. The van der Waals surface area contributed by atoms with Crippen LogP contribution in [0.2, 0.25) is 0 Å². The Labute approximate surface area is 178 Å². The summed E-state index contributed by atoms with van der Waals surface area (Å²) in [4.78, 5) is 14.3. The summed E-state index contributed by atoms with van der Waals surface area (Å²) in [5.74, 6) is -0.241. The molecule has 0 amide bonds. The lowest BCUT2D eigenvalue weighted by atomic mass is 9.85. The van der Waals surface area contributed by atoms with Crippen molar-refractivity contribution in [3.8, 4) is 5.75 Å². The lowest BCUT2D eigenvalue weighted by Gasteiger charge is -2.38. The number of hydrogen-bond acceptors (Lipinski definition) is 5. The van der Waals surface area contributed by atoms with Gasteiger partial charge < -0.3 is 19.8 Å². The van der Waals surface area contributed by atoms with Crippen LogP contribution in [0.25, 0.3) is 0 Å². The van der Waals surface area contributed by atoms with Crippen LogP contribution in [0.1, 0.15) is 40.7 Å². The van der Waals surface area contributed by atoms with E-state index in [0.717, 1.165) is 38.9 Å². The van der Waals surface area contributed by atoms with Gasteiger partial charge in [-0.05, 0) is 56.0 Å². The third-order valence-electron chi connectivity index (χ3n) is 5.40. The number of ether oxygens (including phenoxy) is 1. The molecule has 0 bridgehead atoms. The van der Waals surface area contributed by atoms with Crippen molar-refractivity contribution in [2.45, 2.75) is 38.2 Å². The van der Waals surface area contributed by atoms with E-state index in [1.54, 1.807) is 12.1 Å². The number of rotatable bonds is 7. The van der Waals surface area contributed by atoms with Crippen LogP contribution in [0.5, 0.6) is 5.75 Å². The number of likely N-dealkylation sites (tertiary alicyclic amines) is 1. The van der Waals surface area contributed by atoms with Crippen molar-refractivity contribution in [2.24, 2.45) is 0 Å². The normalized spacial score (nSPS) is 16.1. The van der Waals surface area contributed by atoms with E-state index in [2.05, 4.69) is 36.1 Å². The number of carbonyl (C=O) groups is 1. The second kappa shape index (κ2) is 10.6. The predicted octanol–water partition coefficient (Wildman–Crippen LogP) is 3.74. The number of hydrogen-bond donors (Lipinski definition) is 2. The van der Waals surface area contributed by atoms with Crippen LogP contribution in [0.15, 0.2) is 48.5 Å². The third-order valence-corrected chi connectivity index (χ3v) is 5.40. The molecule has 1 aliphatic rings. The molecule has 5 nitrogen and oxygen atoms in total. The molecule has 1 fully saturated rings. The predicted molar refractivity (Wildman–Crippen MR) is 116 cm³/mol. The Morgan fingerprint density at radius 3 is 2.31 bits per heavy atom. The third kappa shape index (κ3) is 7.03. The summed E-state index contributed by atoms with van der Waals surface area (Å²) in [7, 11) is 0. The van der Waals surface area contributed by atoms with Crippen LogP contribution in [-0.2, 0) is 11.2 Å². The molecule has 2 N–H and O–H groups in total. The molecule has 0 aromatic heterocycles. The molecule has 158 valence electrons. The van der Waals surface area contributed by atoms with E-state index < -0.39 is 5.60 Å². The molecule has 1 aliphatic heterocycles. The summed E-state index contributed by atoms with van der Waals surface area (Å²) in [6, 6.07) is 14.4. The first kappa shape index (κ1) is 23.2. The Bertz CT molecular complexity index is 768. The maximum absolute atomic E-state index is 11.9. The number of phenols is 1. The van der Waals surface area contributed by atoms with Gasteiger partial charge in [0.25, 0.3) is 0 Å². The van der Waals surface area contributed by atoms with Crippen molar-refractivity contribution < 1.29 is 19.7 Å². The monoisotopic (exact) mass is 419 g/mol. The van der Waals surface area contributed by atoms with E-state index in [0.29, 0.717) is 18.6 Å². The Morgan fingerprint density at radius 2 is 1.69 bits per heavy atom. The first-order valence-corrected chi connectivity index (χ1v) is 9.90. The van der Waals surface area contributed by atoms with Gasteiger partial charge in [0.2, 0.25) is 0 Å². The number of aliphatic hydroxyl groups is 1. The van der Waals surface area contributed by atoms with Crippen molar-refractivity contribution in [1.29, 1.82) is 0 Å². The molecule has 29 heavy (non-hydrogen) atoms. The van der Waals surface area contributed by atoms with Gasteiger partial charge in [0, 0.05) is 26.1 Å². The van der Waals surface area contributed by atoms with Crippen LogP contribution >= 0.6 is 12.4 Å². The van der Waals surface area contributed by atoms with Crippen molar-refractivity contribution in [3.63, 3.8) is 0 Å². The first-order chi connectivity index (χ1) is 13.4. The topological polar surface area (TPSA) is 70.0 Å². The highest BCUT2D eigenvalue weighted by atomic mass is 35.5. The number of aromatic hydroxyl groups is 1. The Balaban J connectivity index is 0.00000300. The van der Waals surface area contributed by atoms with Crippen molar-refractivity contribution >= 4 is 18.4 Å². The maximum atomic E-state index is 11.9. The van der Waals surface area contributed by atoms with Crippen LogP contribution in [0.4, 0.5) is 0 Å². The SMILES string of the molecule is Cc1ccc(CC2(O)CCN(CCCOC(=O)c3ccc(O)cc3)CC2)cc1.Cl. The zero-order valence-corrected chi connectivity index (χ0v) is 17.7. The largest absolute Gasteiger partial charge is 0.508 e. The minimum Gasteiger partial charge on any atom is -0.508 e. The lowest BCUT2D eigenvalue weighted by Crippen LogP contribution is -2.46. The minimum atomic E-state index is -0.628. The summed E-state index contributed by atoms with van der Waals surface area (Å²) < 4.78 is 5.29. The van der Waals surface area contributed by atoms with Crippen molar-refractivity contribution in [3.05, 3.63) is 65.2 Å². The molecule has 1 heterocycles. The second-order valence-corrected chi connectivity index (χ2v) is 7.76. The number of phenolic OH excluding ortho intramolecular Hbond substituents is 1. The molecule has 2 aromatic carbocycles. The number of piperidine rings is 1. The minimum absolute atomic E-state index is 0. The zero-order valence-electron chi connectivity index (χ0n) is 16.8. The van der Waals surface area contributed by atoms with E-state index in [4.69, 9.17) is 4.74 Å². The molecule has 0 atom stereocenters. The maximum Gasteiger partial charge on any atom is 0.338 e. The Morgan fingerprint density at radius 1 is 1.07 bits per heavy atom. The van der Waals surface area contributed by atoms with Crippen LogP contribution in [-0.4, -0.2) is 52.9 Å². The van der Waals surface area contributed by atoms with E-state index >= 15 is 0 Å². The van der Waals surface area contributed by atoms with Crippen LogP contribution in [0.3, 0.4) is 0 Å². The van der Waals surface area contributed by atoms with Gasteiger partial charge in [0.05, 0.1) is 17.8 Å². The average molecular weight is 420 g/mol. The summed E-state index contributed by atoms with van der Waals surface area (Å²) in [6.45, 7) is 4.99. The molecule has 2 aromatic rings. The van der Waals surface area contributed by atoms with Gasteiger partial charge in [-0.25, -0.2) is 4.79 Å². The lowest BCUT2D eigenvalue weighted by molar-refractivity contribution is -0.0216. The van der Waals surface area contributed by atoms with Gasteiger partial charge in [-0.15, -0.1) is 12.4 Å². The van der Waals surface area contributed by atoms with Crippen LogP contribution < -0.4 is 0 Å². The summed E-state index contributed by atoms with van der Waals surface area (Å²) in [6.07, 6.45) is 2.98. The Hall–Kier alpha value is -2.08. The quantitative estimate of drug-likeness (QED) is 0.528. The van der Waals surface area contributed by atoms with Crippen molar-refractivity contribution in [2.75, 3.05) is 26.2 Å². The van der Waals surface area contributed by atoms with Crippen LogP contribution in [0, 0.1) is 6.92 Å². The fraction of sp³-hybridized carbons (Fsp3) is 0.435. The number of aryl methyl sites for hydroxylation is 1. The molecular formula is C23H30ClNO4. The molecular weight excluding hydrogens is 390 g/mol.